The van der Waals surface area contributed by atoms with Crippen LogP contribution in [0.4, 0.5) is 13.6 Å². The van der Waals surface area contributed by atoms with Crippen molar-refractivity contribution in [2.75, 3.05) is 6.61 Å². The maximum atomic E-state index is 13.0. The number of rotatable bonds is 8. The molecule has 0 aliphatic carbocycles. The summed E-state index contributed by atoms with van der Waals surface area (Å²) in [5, 5.41) is 14.9. The highest BCUT2D eigenvalue weighted by molar-refractivity contribution is 5.63. The number of nitro groups is 1. The van der Waals surface area contributed by atoms with Gasteiger partial charge in [0.25, 0.3) is 0 Å². The molecule has 1 N–H and O–H groups in total. The molecule has 0 fully saturated rings. The van der Waals surface area contributed by atoms with Crippen molar-refractivity contribution in [3.05, 3.63) is 93.4 Å². The summed E-state index contributed by atoms with van der Waals surface area (Å²) >= 11 is 0. The molecule has 2 aromatic rings. The van der Waals surface area contributed by atoms with Gasteiger partial charge in [0, 0.05) is 16.2 Å². The van der Waals surface area contributed by atoms with Crippen molar-refractivity contribution in [2.24, 2.45) is 0 Å². The van der Waals surface area contributed by atoms with Crippen molar-refractivity contribution in [3.8, 4) is 5.75 Å². The van der Waals surface area contributed by atoms with Crippen LogP contribution in [0.15, 0.2) is 72.1 Å². The van der Waals surface area contributed by atoms with Gasteiger partial charge in [-0.15, -0.1) is 0 Å². The van der Waals surface area contributed by atoms with Crippen molar-refractivity contribution in [1.82, 2.24) is 5.32 Å². The van der Waals surface area contributed by atoms with Gasteiger partial charge in [0.15, 0.2) is 0 Å². The molecule has 0 radical (unpaired) electrons. The normalized spacial score (nSPS) is 20.2. The first-order valence-corrected chi connectivity index (χ1v) is 10.5. The second-order valence-corrected chi connectivity index (χ2v) is 7.57. The molecule has 180 valence electrons. The maximum Gasteiger partial charge on any atom is 0.513 e. The van der Waals surface area contributed by atoms with E-state index in [1.807, 2.05) is 30.3 Å². The highest BCUT2D eigenvalue weighted by Gasteiger charge is 2.47. The predicted octanol–water partition coefficient (Wildman–Crippen LogP) is 5.11. The van der Waals surface area contributed by atoms with Crippen molar-refractivity contribution >= 4 is 12.2 Å². The smallest absolute Gasteiger partial charge is 0.435 e. The van der Waals surface area contributed by atoms with E-state index in [0.29, 0.717) is 5.70 Å². The molecule has 1 aliphatic rings. The van der Waals surface area contributed by atoms with E-state index in [9.17, 15) is 23.7 Å². The van der Waals surface area contributed by atoms with Crippen LogP contribution in [0.1, 0.15) is 30.9 Å². The summed E-state index contributed by atoms with van der Waals surface area (Å²) in [5.41, 5.74) is 1.36. The van der Waals surface area contributed by atoms with Crippen molar-refractivity contribution in [1.29, 1.82) is 0 Å². The highest BCUT2D eigenvalue weighted by atomic mass is 19.3. The van der Waals surface area contributed by atoms with Crippen LogP contribution in [0.25, 0.3) is 6.08 Å². The minimum Gasteiger partial charge on any atom is -0.435 e. The number of ether oxygens (including phenoxy) is 3. The third-order valence-corrected chi connectivity index (χ3v) is 5.26. The number of carbonyl (C=O) groups is 1. The third-order valence-electron chi connectivity index (χ3n) is 5.26. The molecule has 34 heavy (non-hydrogen) atoms. The molecule has 3 unspecified atom stereocenters. The van der Waals surface area contributed by atoms with E-state index in [2.05, 4.69) is 10.1 Å². The lowest BCUT2D eigenvalue weighted by atomic mass is 9.82. The van der Waals surface area contributed by atoms with E-state index in [1.54, 1.807) is 26.0 Å². The number of nitrogens with zero attached hydrogens (tertiary/aromatic N) is 1. The number of carbonyl (C=O) groups excluding carboxylic acids is 1. The van der Waals surface area contributed by atoms with E-state index < -0.39 is 35.7 Å². The van der Waals surface area contributed by atoms with E-state index >= 15 is 0 Å². The zero-order valence-corrected chi connectivity index (χ0v) is 18.5. The number of benzene rings is 2. The first-order chi connectivity index (χ1) is 16.3. The van der Waals surface area contributed by atoms with Crippen LogP contribution in [-0.4, -0.2) is 36.4 Å². The lowest BCUT2D eigenvalue weighted by Gasteiger charge is -2.34. The van der Waals surface area contributed by atoms with Crippen molar-refractivity contribution < 1.29 is 32.7 Å². The molecule has 0 saturated carbocycles. The van der Waals surface area contributed by atoms with Crippen LogP contribution in [0.5, 0.6) is 5.75 Å². The van der Waals surface area contributed by atoms with Crippen LogP contribution in [-0.2, 0) is 9.47 Å². The molecular weight excluding hydrogens is 450 g/mol. The summed E-state index contributed by atoms with van der Waals surface area (Å²) in [7, 11) is 0. The Kier molecular flexibility index (Phi) is 8.18. The zero-order chi connectivity index (χ0) is 24.7. The lowest BCUT2D eigenvalue weighted by molar-refractivity contribution is -0.530. The highest BCUT2D eigenvalue weighted by Crippen LogP contribution is 2.41. The van der Waals surface area contributed by atoms with E-state index in [0.717, 1.165) is 5.56 Å². The molecule has 0 amide bonds. The van der Waals surface area contributed by atoms with Crippen LogP contribution in [0.3, 0.4) is 0 Å². The maximum absolute atomic E-state index is 13.0. The SMILES string of the molecule is CC1=C(OC(=O)OCC=Cc2ccccc2)C(c2ccccc2OC(F)F)C([N+](=O)[O-])C(C)N1. The summed E-state index contributed by atoms with van der Waals surface area (Å²) in [6, 6.07) is 13.1. The molecule has 0 aromatic heterocycles. The third kappa shape index (κ3) is 6.09. The summed E-state index contributed by atoms with van der Waals surface area (Å²) < 4.78 is 41.0. The molecule has 0 spiro atoms. The topological polar surface area (TPSA) is 99.9 Å². The van der Waals surface area contributed by atoms with Crippen molar-refractivity contribution in [2.45, 2.75) is 38.5 Å². The Morgan fingerprint density at radius 2 is 1.85 bits per heavy atom. The summed E-state index contributed by atoms with van der Waals surface area (Å²) in [6.45, 7) is -0.0681. The van der Waals surface area contributed by atoms with Gasteiger partial charge in [-0.25, -0.2) is 4.79 Å². The Bertz CT molecular complexity index is 1070. The molecule has 2 aromatic carbocycles. The summed E-state index contributed by atoms with van der Waals surface area (Å²) in [5.74, 6) is -1.51. The standard InChI is InChI=1S/C24H24F2N2O6/c1-15-21(28(30)31)20(18-12-6-7-13-19(18)33-23(25)26)22(16(2)27-15)34-24(29)32-14-8-11-17-9-4-3-5-10-17/h3-13,15,20-21,23,27H,14H2,1-2H3. The van der Waals surface area contributed by atoms with Gasteiger partial charge >= 0.3 is 12.8 Å². The van der Waals surface area contributed by atoms with Gasteiger partial charge in [0.1, 0.15) is 24.0 Å². The fourth-order valence-electron chi connectivity index (χ4n) is 3.87. The number of para-hydroxylation sites is 1. The molecule has 1 aliphatic heterocycles. The van der Waals surface area contributed by atoms with Crippen LogP contribution in [0, 0.1) is 10.1 Å². The second kappa shape index (κ2) is 11.3. The zero-order valence-electron chi connectivity index (χ0n) is 18.5. The van der Waals surface area contributed by atoms with Gasteiger partial charge in [-0.2, -0.15) is 8.78 Å². The molecule has 10 heteroatoms. The van der Waals surface area contributed by atoms with Gasteiger partial charge in [-0.3, -0.25) is 10.1 Å². The fourth-order valence-corrected chi connectivity index (χ4v) is 3.87. The first-order valence-electron chi connectivity index (χ1n) is 10.5. The van der Waals surface area contributed by atoms with Gasteiger partial charge in [0.05, 0.1) is 6.04 Å². The molecule has 3 rings (SSSR count). The van der Waals surface area contributed by atoms with Crippen LogP contribution >= 0.6 is 0 Å². The minimum absolute atomic E-state index is 0.0952. The van der Waals surface area contributed by atoms with E-state index in [4.69, 9.17) is 9.47 Å². The lowest BCUT2D eigenvalue weighted by Crippen LogP contribution is -2.50. The Morgan fingerprint density at radius 3 is 2.53 bits per heavy atom. The quantitative estimate of drug-likeness (QED) is 0.323. The first kappa shape index (κ1) is 24.7. The van der Waals surface area contributed by atoms with E-state index in [1.165, 1.54) is 24.3 Å². The molecule has 0 bridgehead atoms. The second-order valence-electron chi connectivity index (χ2n) is 7.57. The summed E-state index contributed by atoms with van der Waals surface area (Å²) in [4.78, 5) is 23.8. The largest absolute Gasteiger partial charge is 0.513 e. The minimum atomic E-state index is -3.13. The van der Waals surface area contributed by atoms with Crippen LogP contribution in [0.2, 0.25) is 0 Å². The number of allylic oxidation sites excluding steroid dienone is 1. The molecule has 3 atom stereocenters. The number of hydrogen-bond acceptors (Lipinski definition) is 7. The van der Waals surface area contributed by atoms with E-state index in [-0.39, 0.29) is 23.7 Å². The van der Waals surface area contributed by atoms with Gasteiger partial charge in [0.2, 0.25) is 6.04 Å². The average molecular weight is 474 g/mol. The van der Waals surface area contributed by atoms with Crippen molar-refractivity contribution in [3.63, 3.8) is 0 Å². The molecular formula is C24H24F2N2O6. The van der Waals surface area contributed by atoms with Crippen LogP contribution < -0.4 is 10.1 Å². The monoisotopic (exact) mass is 474 g/mol. The fraction of sp³-hybridized carbons (Fsp3) is 0.292. The summed E-state index contributed by atoms with van der Waals surface area (Å²) in [6.07, 6.45) is 2.29. The number of alkyl halides is 2. The van der Waals surface area contributed by atoms with Gasteiger partial charge in [-0.05, 0) is 31.6 Å². The Hall–Kier alpha value is -3.95. The number of nitrogens with one attached hydrogen (secondary N) is 1. The molecule has 0 saturated heterocycles. The molecule has 1 heterocycles. The average Bonchev–Trinajstić information content (AvgIpc) is 2.79. The molecule has 8 nitrogen and oxygen atoms in total. The van der Waals surface area contributed by atoms with Gasteiger partial charge < -0.3 is 19.5 Å². The number of hydrogen-bond donors (Lipinski definition) is 1. The Morgan fingerprint density at radius 1 is 1.18 bits per heavy atom. The predicted molar refractivity (Wildman–Crippen MR) is 120 cm³/mol. The number of halogens is 2. The Labute approximate surface area is 195 Å². The van der Waals surface area contributed by atoms with Gasteiger partial charge in [-0.1, -0.05) is 54.6 Å². The Balaban J connectivity index is 1.85.